The molecule has 1 aromatic heterocycles. The zero-order chi connectivity index (χ0) is 8.39. The van der Waals surface area contributed by atoms with Crippen LogP contribution in [0.25, 0.3) is 0 Å². The SMILES string of the molecule is Brc1noc(C2CCCCN2)n1. The quantitative estimate of drug-likeness (QED) is 0.799. The van der Waals surface area contributed by atoms with Crippen LogP contribution in [0.4, 0.5) is 0 Å². The number of hydrogen-bond donors (Lipinski definition) is 1. The Morgan fingerprint density at radius 2 is 2.42 bits per heavy atom. The Morgan fingerprint density at radius 3 is 3.00 bits per heavy atom. The van der Waals surface area contributed by atoms with E-state index in [0.717, 1.165) is 13.0 Å². The van der Waals surface area contributed by atoms with Gasteiger partial charge in [0.05, 0.1) is 6.04 Å². The number of halogens is 1. The lowest BCUT2D eigenvalue weighted by atomic mass is 10.1. The third-order valence-electron chi connectivity index (χ3n) is 2.03. The van der Waals surface area contributed by atoms with Crippen LogP contribution in [0.5, 0.6) is 0 Å². The molecule has 12 heavy (non-hydrogen) atoms. The van der Waals surface area contributed by atoms with Gasteiger partial charge in [0, 0.05) is 0 Å². The molecule has 0 aliphatic carbocycles. The molecule has 0 amide bonds. The first kappa shape index (κ1) is 8.19. The summed E-state index contributed by atoms with van der Waals surface area (Å²) in [4.78, 5) is 4.11. The van der Waals surface area contributed by atoms with Crippen molar-refractivity contribution in [2.24, 2.45) is 0 Å². The van der Waals surface area contributed by atoms with Crippen molar-refractivity contribution in [1.29, 1.82) is 0 Å². The van der Waals surface area contributed by atoms with Gasteiger partial charge in [0.1, 0.15) is 0 Å². The fourth-order valence-corrected chi connectivity index (χ4v) is 1.67. The Balaban J connectivity index is 2.08. The third-order valence-corrected chi connectivity index (χ3v) is 2.35. The van der Waals surface area contributed by atoms with Gasteiger partial charge in [-0.05, 0) is 40.5 Å². The van der Waals surface area contributed by atoms with Crippen LogP contribution in [-0.2, 0) is 0 Å². The molecule has 0 spiro atoms. The van der Waals surface area contributed by atoms with E-state index >= 15 is 0 Å². The van der Waals surface area contributed by atoms with E-state index in [1.54, 1.807) is 0 Å². The highest BCUT2D eigenvalue weighted by molar-refractivity contribution is 9.10. The molecule has 5 heteroatoms. The van der Waals surface area contributed by atoms with Crippen molar-refractivity contribution >= 4 is 15.9 Å². The first-order valence-electron chi connectivity index (χ1n) is 4.09. The van der Waals surface area contributed by atoms with Crippen LogP contribution in [-0.4, -0.2) is 16.7 Å². The predicted octanol–water partition coefficient (Wildman–Crippen LogP) is 1.65. The van der Waals surface area contributed by atoms with Gasteiger partial charge in [0.15, 0.2) is 0 Å². The Bertz CT molecular complexity index is 257. The molecule has 66 valence electrons. The van der Waals surface area contributed by atoms with Crippen molar-refractivity contribution in [2.45, 2.75) is 25.3 Å². The molecule has 1 saturated heterocycles. The van der Waals surface area contributed by atoms with Crippen molar-refractivity contribution < 1.29 is 4.52 Å². The maximum Gasteiger partial charge on any atom is 0.244 e. The molecule has 0 bridgehead atoms. The van der Waals surface area contributed by atoms with E-state index in [2.05, 4.69) is 31.4 Å². The first-order valence-corrected chi connectivity index (χ1v) is 4.88. The Labute approximate surface area is 78.9 Å². The topological polar surface area (TPSA) is 51.0 Å². The van der Waals surface area contributed by atoms with E-state index in [0.29, 0.717) is 10.6 Å². The van der Waals surface area contributed by atoms with Gasteiger partial charge in [-0.3, -0.25) is 0 Å². The van der Waals surface area contributed by atoms with Crippen LogP contribution in [0.1, 0.15) is 31.2 Å². The Hall–Kier alpha value is -0.420. The number of aromatic nitrogens is 2. The molecule has 1 fully saturated rings. The molecule has 1 N–H and O–H groups in total. The summed E-state index contributed by atoms with van der Waals surface area (Å²) in [6.07, 6.45) is 3.57. The second-order valence-electron chi connectivity index (χ2n) is 2.90. The van der Waals surface area contributed by atoms with E-state index in [9.17, 15) is 0 Å². The smallest absolute Gasteiger partial charge is 0.244 e. The van der Waals surface area contributed by atoms with E-state index in [-0.39, 0.29) is 6.04 Å². The predicted molar refractivity (Wildman–Crippen MR) is 46.6 cm³/mol. The van der Waals surface area contributed by atoms with Crippen molar-refractivity contribution in [3.05, 3.63) is 10.6 Å². The number of hydrogen-bond acceptors (Lipinski definition) is 4. The fourth-order valence-electron chi connectivity index (χ4n) is 1.42. The van der Waals surface area contributed by atoms with Crippen LogP contribution in [0.3, 0.4) is 0 Å². The van der Waals surface area contributed by atoms with Crippen LogP contribution in [0.15, 0.2) is 9.26 Å². The Kier molecular flexibility index (Phi) is 2.41. The van der Waals surface area contributed by atoms with E-state index in [1.165, 1.54) is 12.8 Å². The van der Waals surface area contributed by atoms with E-state index in [1.807, 2.05) is 0 Å². The summed E-state index contributed by atoms with van der Waals surface area (Å²) in [7, 11) is 0. The van der Waals surface area contributed by atoms with Crippen molar-refractivity contribution in [2.75, 3.05) is 6.54 Å². The lowest BCUT2D eigenvalue weighted by Crippen LogP contribution is -2.26. The summed E-state index contributed by atoms with van der Waals surface area (Å²) < 4.78 is 5.57. The fraction of sp³-hybridized carbons (Fsp3) is 0.714. The molecule has 1 atom stereocenters. The van der Waals surface area contributed by atoms with Gasteiger partial charge < -0.3 is 9.84 Å². The van der Waals surface area contributed by atoms with Crippen molar-refractivity contribution in [3.8, 4) is 0 Å². The van der Waals surface area contributed by atoms with Crippen LogP contribution in [0.2, 0.25) is 0 Å². The largest absolute Gasteiger partial charge is 0.337 e. The lowest BCUT2D eigenvalue weighted by Gasteiger charge is -2.19. The van der Waals surface area contributed by atoms with Crippen molar-refractivity contribution in [1.82, 2.24) is 15.5 Å². The van der Waals surface area contributed by atoms with Gasteiger partial charge in [-0.25, -0.2) is 0 Å². The van der Waals surface area contributed by atoms with Gasteiger partial charge in [-0.15, -0.1) is 0 Å². The monoisotopic (exact) mass is 231 g/mol. The summed E-state index contributed by atoms with van der Waals surface area (Å²) in [5, 5.41) is 7.01. The second kappa shape index (κ2) is 3.53. The minimum atomic E-state index is 0.262. The van der Waals surface area contributed by atoms with Gasteiger partial charge in [0.25, 0.3) is 0 Å². The number of nitrogens with zero attached hydrogens (tertiary/aromatic N) is 2. The molecule has 4 nitrogen and oxygen atoms in total. The summed E-state index contributed by atoms with van der Waals surface area (Å²) in [5.74, 6) is 0.696. The normalized spacial score (nSPS) is 24.2. The van der Waals surface area contributed by atoms with E-state index < -0.39 is 0 Å². The molecule has 0 radical (unpaired) electrons. The highest BCUT2D eigenvalue weighted by Crippen LogP contribution is 2.21. The maximum absolute atomic E-state index is 5.03. The average Bonchev–Trinajstić information content (AvgIpc) is 2.54. The number of piperidine rings is 1. The first-order chi connectivity index (χ1) is 5.86. The van der Waals surface area contributed by atoms with E-state index in [4.69, 9.17) is 4.52 Å². The standard InChI is InChI=1S/C7H10BrN3O/c8-7-10-6(12-11-7)5-3-1-2-4-9-5/h5,9H,1-4H2. The highest BCUT2D eigenvalue weighted by atomic mass is 79.9. The van der Waals surface area contributed by atoms with Gasteiger partial charge >= 0.3 is 0 Å². The lowest BCUT2D eigenvalue weighted by molar-refractivity contribution is 0.296. The molecular formula is C7H10BrN3O. The Morgan fingerprint density at radius 1 is 1.50 bits per heavy atom. The van der Waals surface area contributed by atoms with Crippen LogP contribution in [0, 0.1) is 0 Å². The maximum atomic E-state index is 5.03. The molecule has 2 heterocycles. The molecular weight excluding hydrogens is 222 g/mol. The zero-order valence-electron chi connectivity index (χ0n) is 6.59. The molecule has 1 unspecified atom stereocenters. The molecule has 0 aromatic carbocycles. The number of nitrogens with one attached hydrogen (secondary N) is 1. The summed E-state index contributed by atoms with van der Waals surface area (Å²) in [5.41, 5.74) is 0. The molecule has 2 rings (SSSR count). The summed E-state index contributed by atoms with van der Waals surface area (Å²) in [6, 6.07) is 0.262. The zero-order valence-corrected chi connectivity index (χ0v) is 8.17. The molecule has 1 aromatic rings. The van der Waals surface area contributed by atoms with Crippen LogP contribution < -0.4 is 5.32 Å². The second-order valence-corrected chi connectivity index (χ2v) is 3.61. The van der Waals surface area contributed by atoms with Crippen LogP contribution >= 0.6 is 15.9 Å². The molecule has 1 aliphatic heterocycles. The third kappa shape index (κ3) is 1.67. The average molecular weight is 232 g/mol. The highest BCUT2D eigenvalue weighted by Gasteiger charge is 2.19. The van der Waals surface area contributed by atoms with Gasteiger partial charge in [-0.2, -0.15) is 4.98 Å². The van der Waals surface area contributed by atoms with Crippen molar-refractivity contribution in [3.63, 3.8) is 0 Å². The minimum Gasteiger partial charge on any atom is -0.337 e. The molecule has 0 saturated carbocycles. The van der Waals surface area contributed by atoms with Gasteiger partial charge in [-0.1, -0.05) is 6.42 Å². The summed E-state index contributed by atoms with van der Waals surface area (Å²) in [6.45, 7) is 1.05. The number of rotatable bonds is 1. The molecule has 1 aliphatic rings. The minimum absolute atomic E-state index is 0.262. The summed E-state index contributed by atoms with van der Waals surface area (Å²) >= 11 is 3.15. The van der Waals surface area contributed by atoms with Gasteiger partial charge in [0.2, 0.25) is 10.6 Å².